The number of tetrazole rings is 1. The molecule has 1 aliphatic rings. The van der Waals surface area contributed by atoms with Crippen LogP contribution in [0.1, 0.15) is 50.5 Å². The van der Waals surface area contributed by atoms with Gasteiger partial charge >= 0.3 is 12.2 Å². The summed E-state index contributed by atoms with van der Waals surface area (Å²) in [5.41, 5.74) is 5.29. The van der Waals surface area contributed by atoms with Crippen LogP contribution in [0.2, 0.25) is 0 Å². The fraction of sp³-hybridized carbons (Fsp3) is 0.355. The van der Waals surface area contributed by atoms with Gasteiger partial charge in [0.2, 0.25) is 5.82 Å². The van der Waals surface area contributed by atoms with Gasteiger partial charge in [-0.1, -0.05) is 67.3 Å². The molecular formula is C31H34F3N7O. The van der Waals surface area contributed by atoms with E-state index in [2.05, 4.69) is 36.2 Å². The number of alkyl halides is 3. The quantitative estimate of drug-likeness (QED) is 0.187. The van der Waals surface area contributed by atoms with E-state index in [9.17, 15) is 18.0 Å². The number of aromatic nitrogens is 4. The summed E-state index contributed by atoms with van der Waals surface area (Å²) >= 11 is 0. The molecule has 0 bridgehead atoms. The number of anilines is 3. The van der Waals surface area contributed by atoms with E-state index >= 15 is 0 Å². The monoisotopic (exact) mass is 577 g/mol. The van der Waals surface area contributed by atoms with Gasteiger partial charge in [0.05, 0.1) is 11.4 Å². The van der Waals surface area contributed by atoms with Crippen molar-refractivity contribution in [3.05, 3.63) is 72.3 Å². The maximum atomic E-state index is 13.2. The number of aryl methyl sites for hydroxylation is 1. The number of urea groups is 1. The van der Waals surface area contributed by atoms with Crippen LogP contribution in [0.15, 0.2) is 66.7 Å². The van der Waals surface area contributed by atoms with Gasteiger partial charge < -0.3 is 15.5 Å². The summed E-state index contributed by atoms with van der Waals surface area (Å²) in [5, 5.41) is 20.3. The Morgan fingerprint density at radius 3 is 2.40 bits per heavy atom. The number of carbonyl (C=O) groups is 1. The molecule has 3 N–H and O–H groups in total. The van der Waals surface area contributed by atoms with E-state index in [1.165, 1.54) is 0 Å². The van der Waals surface area contributed by atoms with Crippen LogP contribution < -0.4 is 15.5 Å². The third-order valence-corrected chi connectivity index (χ3v) is 7.56. The summed E-state index contributed by atoms with van der Waals surface area (Å²) in [6.07, 6.45) is -0.174. The molecule has 42 heavy (non-hydrogen) atoms. The fourth-order valence-corrected chi connectivity index (χ4v) is 5.52. The number of amides is 2. The maximum Gasteiger partial charge on any atom is 0.389 e. The lowest BCUT2D eigenvalue weighted by Crippen LogP contribution is -2.38. The third kappa shape index (κ3) is 7.45. The average molecular weight is 578 g/mol. The third-order valence-electron chi connectivity index (χ3n) is 7.56. The molecule has 0 atom stereocenters. The largest absolute Gasteiger partial charge is 0.389 e. The molecule has 11 heteroatoms. The van der Waals surface area contributed by atoms with Crippen molar-refractivity contribution in [3.8, 4) is 22.5 Å². The molecule has 2 amide bonds. The van der Waals surface area contributed by atoms with Crippen molar-refractivity contribution in [2.75, 3.05) is 22.1 Å². The van der Waals surface area contributed by atoms with Crippen molar-refractivity contribution < 1.29 is 18.0 Å². The number of carbonyl (C=O) groups excluding carboxylic acids is 1. The second-order valence-electron chi connectivity index (χ2n) is 10.7. The Morgan fingerprint density at radius 1 is 0.976 bits per heavy atom. The Labute approximate surface area is 242 Å². The molecule has 0 saturated heterocycles. The summed E-state index contributed by atoms with van der Waals surface area (Å²) in [6, 6.07) is 20.4. The van der Waals surface area contributed by atoms with Gasteiger partial charge in [0.1, 0.15) is 0 Å². The molecule has 1 aromatic heterocycles. The molecule has 0 radical (unpaired) electrons. The molecule has 1 aliphatic carbocycles. The van der Waals surface area contributed by atoms with Crippen molar-refractivity contribution in [2.24, 2.45) is 0 Å². The smallest absolute Gasteiger partial charge is 0.367 e. The Morgan fingerprint density at radius 2 is 1.71 bits per heavy atom. The standard InChI is InChI=1S/C31H34F3N7O/c1-21-12-15-23(16-13-21)35-30(42)36-27-20-22(25-10-5-6-11-26(25)29-37-39-40-38-29)14-17-28(27)41(19-7-18-31(32,33)34)24-8-3-2-4-9-24/h5-6,10-17,20,24H,2-4,7-9,18-19H2,1H3,(H2,35,36,42)(H,37,38,39,40). The first-order valence-corrected chi connectivity index (χ1v) is 14.2. The Balaban J connectivity index is 1.52. The van der Waals surface area contributed by atoms with Crippen molar-refractivity contribution in [1.82, 2.24) is 20.6 Å². The highest BCUT2D eigenvalue weighted by Gasteiger charge is 2.29. The van der Waals surface area contributed by atoms with Crippen LogP contribution in [0.4, 0.5) is 35.0 Å². The summed E-state index contributed by atoms with van der Waals surface area (Å²) in [5.74, 6) is 0.428. The van der Waals surface area contributed by atoms with Crippen LogP contribution in [0.25, 0.3) is 22.5 Å². The minimum atomic E-state index is -4.23. The number of benzene rings is 3. The van der Waals surface area contributed by atoms with Crippen molar-refractivity contribution >= 4 is 23.1 Å². The topological polar surface area (TPSA) is 98.8 Å². The number of aromatic amines is 1. The molecule has 0 spiro atoms. The van der Waals surface area contributed by atoms with Crippen LogP contribution in [0.5, 0.6) is 0 Å². The van der Waals surface area contributed by atoms with Gasteiger partial charge in [-0.25, -0.2) is 4.79 Å². The predicted octanol–water partition coefficient (Wildman–Crippen LogP) is 7.97. The van der Waals surface area contributed by atoms with E-state index in [1.807, 2.05) is 73.7 Å². The highest BCUT2D eigenvalue weighted by molar-refractivity contribution is 6.02. The van der Waals surface area contributed by atoms with Crippen molar-refractivity contribution in [3.63, 3.8) is 0 Å². The van der Waals surface area contributed by atoms with Crippen LogP contribution in [-0.4, -0.2) is 45.4 Å². The molecule has 8 nitrogen and oxygen atoms in total. The predicted molar refractivity (Wildman–Crippen MR) is 158 cm³/mol. The molecule has 5 rings (SSSR count). The first kappa shape index (κ1) is 29.1. The zero-order valence-electron chi connectivity index (χ0n) is 23.4. The van der Waals surface area contributed by atoms with E-state index in [0.717, 1.165) is 54.4 Å². The summed E-state index contributed by atoms with van der Waals surface area (Å²) in [4.78, 5) is 15.3. The summed E-state index contributed by atoms with van der Waals surface area (Å²) in [7, 11) is 0. The number of H-pyrrole nitrogens is 1. The normalized spacial score (nSPS) is 14.0. The number of rotatable bonds is 9. The minimum Gasteiger partial charge on any atom is -0.367 e. The molecule has 4 aromatic rings. The first-order chi connectivity index (χ1) is 20.3. The van der Waals surface area contributed by atoms with Crippen molar-refractivity contribution in [1.29, 1.82) is 0 Å². The van der Waals surface area contributed by atoms with E-state index in [1.54, 1.807) is 0 Å². The highest BCUT2D eigenvalue weighted by Crippen LogP contribution is 2.38. The zero-order chi connectivity index (χ0) is 29.5. The number of hydrogen-bond donors (Lipinski definition) is 3. The van der Waals surface area contributed by atoms with E-state index in [0.29, 0.717) is 22.9 Å². The molecule has 1 saturated carbocycles. The van der Waals surface area contributed by atoms with E-state index in [-0.39, 0.29) is 19.0 Å². The second-order valence-corrected chi connectivity index (χ2v) is 10.7. The van der Waals surface area contributed by atoms with Crippen LogP contribution >= 0.6 is 0 Å². The van der Waals surface area contributed by atoms with Crippen LogP contribution in [0, 0.1) is 6.92 Å². The number of nitrogens with zero attached hydrogens (tertiary/aromatic N) is 4. The lowest BCUT2D eigenvalue weighted by atomic mass is 9.92. The molecule has 1 heterocycles. The molecule has 0 unspecified atom stereocenters. The molecule has 3 aromatic carbocycles. The number of nitrogens with one attached hydrogen (secondary N) is 3. The van der Waals surface area contributed by atoms with Gasteiger partial charge in [-0.2, -0.15) is 18.4 Å². The minimum absolute atomic E-state index is 0.0303. The molecular weight excluding hydrogens is 543 g/mol. The second kappa shape index (κ2) is 13.1. The Kier molecular flexibility index (Phi) is 9.04. The number of hydrogen-bond acceptors (Lipinski definition) is 5. The Hall–Kier alpha value is -4.41. The Bertz CT molecular complexity index is 1470. The lowest BCUT2D eigenvalue weighted by Gasteiger charge is -2.37. The van der Waals surface area contributed by atoms with E-state index in [4.69, 9.17) is 0 Å². The van der Waals surface area contributed by atoms with E-state index < -0.39 is 18.6 Å². The zero-order valence-corrected chi connectivity index (χ0v) is 23.4. The van der Waals surface area contributed by atoms with Gasteiger partial charge in [-0.3, -0.25) is 0 Å². The maximum absolute atomic E-state index is 13.2. The van der Waals surface area contributed by atoms with Gasteiger partial charge in [0.25, 0.3) is 0 Å². The van der Waals surface area contributed by atoms with Gasteiger partial charge in [-0.15, -0.1) is 10.2 Å². The summed E-state index contributed by atoms with van der Waals surface area (Å²) < 4.78 is 39.4. The number of halogens is 3. The fourth-order valence-electron chi connectivity index (χ4n) is 5.52. The van der Waals surface area contributed by atoms with Crippen LogP contribution in [0.3, 0.4) is 0 Å². The van der Waals surface area contributed by atoms with Gasteiger partial charge in [-0.05, 0) is 66.8 Å². The molecule has 1 fully saturated rings. The first-order valence-electron chi connectivity index (χ1n) is 14.2. The lowest BCUT2D eigenvalue weighted by molar-refractivity contribution is -0.135. The van der Waals surface area contributed by atoms with Crippen LogP contribution in [-0.2, 0) is 0 Å². The van der Waals surface area contributed by atoms with Gasteiger partial charge in [0, 0.05) is 30.3 Å². The molecule has 220 valence electrons. The SMILES string of the molecule is Cc1ccc(NC(=O)Nc2cc(-c3ccccc3-c3nn[nH]n3)ccc2N(CCCC(F)(F)F)C2CCCCC2)cc1. The molecule has 0 aliphatic heterocycles. The summed E-state index contributed by atoms with van der Waals surface area (Å²) in [6.45, 7) is 2.20. The van der Waals surface area contributed by atoms with Gasteiger partial charge in [0.15, 0.2) is 0 Å². The highest BCUT2D eigenvalue weighted by atomic mass is 19.4. The average Bonchev–Trinajstić information content (AvgIpc) is 3.52. The van der Waals surface area contributed by atoms with Crippen molar-refractivity contribution in [2.45, 2.75) is 64.1 Å².